The van der Waals surface area contributed by atoms with Crippen molar-refractivity contribution in [2.24, 2.45) is 0 Å². The van der Waals surface area contributed by atoms with Crippen LogP contribution in [0.4, 0.5) is 0 Å². The van der Waals surface area contributed by atoms with Gasteiger partial charge in [-0.25, -0.2) is 4.79 Å². The molecule has 0 aromatic carbocycles. The van der Waals surface area contributed by atoms with Crippen molar-refractivity contribution in [3.05, 3.63) is 0 Å². The lowest BCUT2D eigenvalue weighted by molar-refractivity contribution is -0.498. The predicted molar refractivity (Wildman–Crippen MR) is 51.2 cm³/mol. The summed E-state index contributed by atoms with van der Waals surface area (Å²) in [6, 6.07) is 0. The van der Waals surface area contributed by atoms with E-state index in [1.54, 1.807) is 0 Å². The summed E-state index contributed by atoms with van der Waals surface area (Å²) in [5, 5.41) is 81.4. The summed E-state index contributed by atoms with van der Waals surface area (Å²) in [5.41, 5.74) is 0. The zero-order chi connectivity index (χ0) is 15.0. The molecule has 0 saturated heterocycles. The van der Waals surface area contributed by atoms with Crippen LogP contribution in [0.25, 0.3) is 0 Å². The molecule has 0 aromatic rings. The van der Waals surface area contributed by atoms with Crippen LogP contribution in [-0.2, 0) is 4.79 Å². The van der Waals surface area contributed by atoms with E-state index in [1.165, 1.54) is 6.92 Å². The Kier molecular flexibility index (Phi) is 4.46. The van der Waals surface area contributed by atoms with Crippen LogP contribution in [0.1, 0.15) is 19.8 Å². The molecule has 10 heteroatoms. The summed E-state index contributed by atoms with van der Waals surface area (Å²) < 4.78 is 0. The normalized spacial score (nSPS) is 14.7. The van der Waals surface area contributed by atoms with E-state index in [0.29, 0.717) is 0 Å². The molecule has 0 atom stereocenters. The molecule has 0 rings (SSSR count). The Morgan fingerprint density at radius 1 is 0.889 bits per heavy atom. The molecule has 0 bridgehead atoms. The zero-order valence-electron chi connectivity index (χ0n) is 9.35. The summed E-state index contributed by atoms with van der Waals surface area (Å²) in [5.74, 6) is -19.6. The Balaban J connectivity index is 5.65. The van der Waals surface area contributed by atoms with Gasteiger partial charge in [-0.1, -0.05) is 13.3 Å². The van der Waals surface area contributed by atoms with Gasteiger partial charge in [-0.3, -0.25) is 0 Å². The molecule has 0 unspecified atom stereocenters. The van der Waals surface area contributed by atoms with Crippen LogP contribution >= 0.6 is 0 Å². The maximum absolute atomic E-state index is 10.4. The fourth-order valence-electron chi connectivity index (χ4n) is 1.19. The van der Waals surface area contributed by atoms with E-state index in [-0.39, 0.29) is 6.42 Å². The first-order valence-electron chi connectivity index (χ1n) is 4.78. The highest BCUT2D eigenvalue weighted by atomic mass is 16.7. The van der Waals surface area contributed by atoms with Crippen LogP contribution in [0.15, 0.2) is 0 Å². The van der Waals surface area contributed by atoms with E-state index < -0.39 is 35.5 Å². The minimum Gasteiger partial charge on any atom is -0.477 e. The molecular weight excluding hydrogens is 256 g/mol. The van der Waals surface area contributed by atoms with Gasteiger partial charge in [0.25, 0.3) is 11.6 Å². The molecule has 10 nitrogen and oxygen atoms in total. The molecule has 108 valence electrons. The van der Waals surface area contributed by atoms with Gasteiger partial charge >= 0.3 is 11.8 Å². The lowest BCUT2D eigenvalue weighted by atomic mass is 9.87. The number of carboxylic acids is 1. The van der Waals surface area contributed by atoms with E-state index in [1.807, 2.05) is 0 Å². The lowest BCUT2D eigenvalue weighted by Crippen LogP contribution is -2.78. The molecule has 0 aliphatic heterocycles. The van der Waals surface area contributed by atoms with E-state index >= 15 is 0 Å². The first-order valence-corrected chi connectivity index (χ1v) is 4.78. The highest BCUT2D eigenvalue weighted by Crippen LogP contribution is 2.36. The largest absolute Gasteiger partial charge is 0.477 e. The van der Waals surface area contributed by atoms with Crippen LogP contribution < -0.4 is 0 Å². The summed E-state index contributed by atoms with van der Waals surface area (Å²) in [7, 11) is 0. The van der Waals surface area contributed by atoms with Crippen LogP contribution in [0, 0.1) is 0 Å². The monoisotopic (exact) mass is 272 g/mol. The van der Waals surface area contributed by atoms with Gasteiger partial charge in [-0.15, -0.1) is 0 Å². The number of rotatable bonds is 6. The third-order valence-electron chi connectivity index (χ3n) is 2.43. The number of hydrogen-bond acceptors (Lipinski definition) is 9. The molecule has 0 amide bonds. The molecule has 18 heavy (non-hydrogen) atoms. The summed E-state index contributed by atoms with van der Waals surface area (Å²) in [4.78, 5) is 10.4. The first kappa shape index (κ1) is 17.2. The Bertz CT molecular complexity index is 318. The molecule has 0 saturated carbocycles. The Labute approximate surface area is 101 Å². The molecule has 0 spiro atoms. The van der Waals surface area contributed by atoms with Crippen molar-refractivity contribution in [3.8, 4) is 0 Å². The molecule has 0 radical (unpaired) electrons. The average Bonchev–Trinajstić information content (AvgIpc) is 2.16. The first-order chi connectivity index (χ1) is 7.75. The fraction of sp³-hybridized carbons (Fsp3) is 0.875. The van der Waals surface area contributed by atoms with Crippen molar-refractivity contribution >= 4 is 5.97 Å². The fourth-order valence-corrected chi connectivity index (χ4v) is 1.19. The van der Waals surface area contributed by atoms with Crippen molar-refractivity contribution in [1.82, 2.24) is 0 Å². The summed E-state index contributed by atoms with van der Waals surface area (Å²) >= 11 is 0. The molecular formula is C8H16O10. The van der Waals surface area contributed by atoms with Crippen molar-refractivity contribution in [1.29, 1.82) is 0 Å². The number of aliphatic carboxylic acids is 1. The van der Waals surface area contributed by atoms with Crippen molar-refractivity contribution in [2.45, 2.75) is 42.9 Å². The van der Waals surface area contributed by atoms with Crippen LogP contribution in [0.3, 0.4) is 0 Å². The second-order valence-corrected chi connectivity index (χ2v) is 3.89. The van der Waals surface area contributed by atoms with E-state index in [4.69, 9.17) is 25.5 Å². The maximum Gasteiger partial charge on any atom is 0.370 e. The van der Waals surface area contributed by atoms with Gasteiger partial charge in [-0.2, -0.15) is 0 Å². The van der Waals surface area contributed by atoms with Gasteiger partial charge in [0.1, 0.15) is 0 Å². The minimum absolute atomic E-state index is 0.0805. The number of aliphatic hydroxyl groups is 8. The highest BCUT2D eigenvalue weighted by molar-refractivity contribution is 5.76. The van der Waals surface area contributed by atoms with Gasteiger partial charge in [0, 0.05) is 6.42 Å². The minimum atomic E-state index is -4.58. The number of carboxylic acid groups (broad SMARTS) is 1. The van der Waals surface area contributed by atoms with Crippen LogP contribution in [0.2, 0.25) is 0 Å². The molecule has 9 N–H and O–H groups in total. The van der Waals surface area contributed by atoms with E-state index in [0.717, 1.165) is 0 Å². The molecule has 0 heterocycles. The van der Waals surface area contributed by atoms with Gasteiger partial charge in [0.2, 0.25) is 5.79 Å². The van der Waals surface area contributed by atoms with E-state index in [9.17, 15) is 25.2 Å². The smallest absolute Gasteiger partial charge is 0.370 e. The zero-order valence-corrected chi connectivity index (χ0v) is 9.35. The maximum atomic E-state index is 10.4. The molecule has 0 aliphatic rings. The molecule has 0 fully saturated rings. The number of carbonyl (C=O) groups is 1. The second-order valence-electron chi connectivity index (χ2n) is 3.89. The lowest BCUT2D eigenvalue weighted by Gasteiger charge is -2.45. The van der Waals surface area contributed by atoms with Crippen LogP contribution in [-0.4, -0.2) is 75.1 Å². The molecule has 0 aliphatic carbocycles. The summed E-state index contributed by atoms with van der Waals surface area (Å²) in [6.07, 6.45) is -0.901. The standard InChI is InChI=1S/C8H16O10/c1-2-3-5(11,12)7(15,16)8(17,18)6(13,14)4(9)10/h11-18H,2-3H2,1H3,(H,9,10). The topological polar surface area (TPSA) is 199 Å². The van der Waals surface area contributed by atoms with Crippen molar-refractivity contribution < 1.29 is 50.8 Å². The van der Waals surface area contributed by atoms with Crippen LogP contribution in [0.5, 0.6) is 0 Å². The van der Waals surface area contributed by atoms with Gasteiger partial charge in [0.05, 0.1) is 0 Å². The van der Waals surface area contributed by atoms with Gasteiger partial charge in [0.15, 0.2) is 0 Å². The predicted octanol–water partition coefficient (Wildman–Crippen LogP) is -4.41. The Hall–Kier alpha value is -0.850. The molecule has 0 aromatic heterocycles. The Morgan fingerprint density at radius 2 is 1.28 bits per heavy atom. The quantitative estimate of drug-likeness (QED) is 0.212. The van der Waals surface area contributed by atoms with Crippen molar-refractivity contribution in [3.63, 3.8) is 0 Å². The summed E-state index contributed by atoms with van der Waals surface area (Å²) in [6.45, 7) is 1.36. The highest BCUT2D eigenvalue weighted by Gasteiger charge is 2.72. The SMILES string of the molecule is CCCC(O)(O)C(O)(O)C(O)(O)C(O)(O)C(=O)O. The number of hydrogen-bond donors (Lipinski definition) is 9. The Morgan fingerprint density at radius 3 is 1.56 bits per heavy atom. The second kappa shape index (κ2) is 4.68. The van der Waals surface area contributed by atoms with Crippen molar-refractivity contribution in [2.75, 3.05) is 0 Å². The van der Waals surface area contributed by atoms with E-state index in [2.05, 4.69) is 0 Å². The van der Waals surface area contributed by atoms with Gasteiger partial charge < -0.3 is 46.0 Å². The third-order valence-corrected chi connectivity index (χ3v) is 2.43. The third kappa shape index (κ3) is 2.32. The average molecular weight is 272 g/mol. The van der Waals surface area contributed by atoms with Gasteiger partial charge in [-0.05, 0) is 0 Å².